The van der Waals surface area contributed by atoms with Crippen LogP contribution >= 0.6 is 11.6 Å². The van der Waals surface area contributed by atoms with Gasteiger partial charge in [0.2, 0.25) is 5.91 Å². The summed E-state index contributed by atoms with van der Waals surface area (Å²) in [6.45, 7) is -0.451. The van der Waals surface area contributed by atoms with Crippen LogP contribution in [0.25, 0.3) is 10.8 Å². The molecule has 0 aliphatic rings. The van der Waals surface area contributed by atoms with Crippen LogP contribution in [0.15, 0.2) is 47.3 Å². The number of carboxylic acid groups (broad SMARTS) is 1. The van der Waals surface area contributed by atoms with Gasteiger partial charge in [-0.25, -0.2) is 9.48 Å². The maximum Gasteiger partial charge on any atom is 0.357 e. The molecule has 0 saturated carbocycles. The molecule has 0 atom stereocenters. The van der Waals surface area contributed by atoms with E-state index in [0.29, 0.717) is 16.5 Å². The van der Waals surface area contributed by atoms with E-state index < -0.39 is 24.0 Å². The molecule has 0 radical (unpaired) electrons. The van der Waals surface area contributed by atoms with E-state index in [9.17, 15) is 19.5 Å². The summed E-state index contributed by atoms with van der Waals surface area (Å²) in [4.78, 5) is 36.3. The molecule has 1 amide bonds. The fraction of sp³-hybridized carbons (Fsp3) is 0.111. The summed E-state index contributed by atoms with van der Waals surface area (Å²) in [5.74, 6) is -1.40. The number of carbonyl (C=O) groups is 2. The molecule has 0 fully saturated rings. The maximum atomic E-state index is 12.5. The minimum absolute atomic E-state index is 0.171. The van der Waals surface area contributed by atoms with E-state index in [1.165, 1.54) is 25.3 Å². The molecule has 1 heterocycles. The van der Waals surface area contributed by atoms with Crippen molar-refractivity contribution in [2.45, 2.75) is 6.54 Å². The number of carbonyl (C=O) groups excluding carboxylic acids is 1. The standard InChI is InChI=1S/C18H14ClN3O5/c1-27-14-7-6-10(8-13(14)19)20-15(23)9-22-17(24)12-5-3-2-4-11(12)16(21-22)18(25)26/h2-8H,9H2,1H3,(H,20,23)(H,25,26). The Morgan fingerprint density at radius 2 is 1.93 bits per heavy atom. The number of nitrogens with one attached hydrogen (secondary N) is 1. The Labute approximate surface area is 157 Å². The van der Waals surface area contributed by atoms with Crippen LogP contribution in [-0.2, 0) is 11.3 Å². The first-order chi connectivity index (χ1) is 12.9. The zero-order chi connectivity index (χ0) is 19.6. The Morgan fingerprint density at radius 1 is 1.22 bits per heavy atom. The quantitative estimate of drug-likeness (QED) is 0.695. The average Bonchev–Trinajstić information content (AvgIpc) is 2.64. The van der Waals surface area contributed by atoms with Gasteiger partial charge < -0.3 is 15.2 Å². The number of ether oxygens (including phenoxy) is 1. The van der Waals surface area contributed by atoms with Crippen LogP contribution in [-0.4, -0.2) is 33.9 Å². The topological polar surface area (TPSA) is 111 Å². The summed E-state index contributed by atoms with van der Waals surface area (Å²) < 4.78 is 5.86. The molecule has 0 unspecified atom stereocenters. The second kappa shape index (κ2) is 7.46. The summed E-state index contributed by atoms with van der Waals surface area (Å²) >= 11 is 6.01. The largest absolute Gasteiger partial charge is 0.495 e. The second-order valence-electron chi connectivity index (χ2n) is 5.56. The molecule has 2 N–H and O–H groups in total. The molecule has 2 aromatic carbocycles. The summed E-state index contributed by atoms with van der Waals surface area (Å²) in [7, 11) is 1.47. The van der Waals surface area contributed by atoms with Crippen LogP contribution in [0.5, 0.6) is 5.75 Å². The molecule has 3 aromatic rings. The summed E-state index contributed by atoms with van der Waals surface area (Å²) in [6, 6.07) is 10.9. The Hall–Kier alpha value is -3.39. The highest BCUT2D eigenvalue weighted by Crippen LogP contribution is 2.27. The van der Waals surface area contributed by atoms with Gasteiger partial charge in [0.15, 0.2) is 5.69 Å². The van der Waals surface area contributed by atoms with Crippen molar-refractivity contribution in [3.05, 3.63) is 63.5 Å². The number of nitrogens with zero attached hydrogens (tertiary/aromatic N) is 2. The molecular formula is C18H14ClN3O5. The smallest absolute Gasteiger partial charge is 0.357 e. The van der Waals surface area contributed by atoms with Gasteiger partial charge in [-0.1, -0.05) is 29.8 Å². The number of halogens is 1. The van der Waals surface area contributed by atoms with Crippen molar-refractivity contribution in [3.8, 4) is 5.75 Å². The molecule has 0 spiro atoms. The zero-order valence-corrected chi connectivity index (χ0v) is 14.9. The number of hydrogen-bond donors (Lipinski definition) is 2. The van der Waals surface area contributed by atoms with Gasteiger partial charge in [-0.3, -0.25) is 9.59 Å². The van der Waals surface area contributed by atoms with Crippen LogP contribution < -0.4 is 15.6 Å². The number of carboxylic acids is 1. The number of anilines is 1. The van der Waals surface area contributed by atoms with Gasteiger partial charge in [-0.2, -0.15) is 5.10 Å². The summed E-state index contributed by atoms with van der Waals surface area (Å²) in [6.07, 6.45) is 0. The van der Waals surface area contributed by atoms with Crippen LogP contribution in [0.2, 0.25) is 5.02 Å². The molecular weight excluding hydrogens is 374 g/mol. The third kappa shape index (κ3) is 3.75. The van der Waals surface area contributed by atoms with Crippen molar-refractivity contribution in [2.24, 2.45) is 0 Å². The lowest BCUT2D eigenvalue weighted by Crippen LogP contribution is -2.31. The third-order valence-corrected chi connectivity index (χ3v) is 4.09. The Morgan fingerprint density at radius 3 is 2.56 bits per heavy atom. The maximum absolute atomic E-state index is 12.5. The minimum atomic E-state index is -1.29. The molecule has 0 bridgehead atoms. The number of hydrogen-bond acceptors (Lipinski definition) is 5. The van der Waals surface area contributed by atoms with Crippen molar-refractivity contribution in [1.82, 2.24) is 9.78 Å². The van der Waals surface area contributed by atoms with Crippen molar-refractivity contribution in [2.75, 3.05) is 12.4 Å². The molecule has 3 rings (SSSR count). The van der Waals surface area contributed by atoms with Gasteiger partial charge >= 0.3 is 5.97 Å². The van der Waals surface area contributed by atoms with Gasteiger partial charge in [0, 0.05) is 11.1 Å². The molecule has 27 heavy (non-hydrogen) atoms. The van der Waals surface area contributed by atoms with E-state index in [1.807, 2.05) is 0 Å². The molecule has 8 nitrogen and oxygen atoms in total. The van der Waals surface area contributed by atoms with Gasteiger partial charge in [0.05, 0.1) is 17.5 Å². The molecule has 0 saturated heterocycles. The van der Waals surface area contributed by atoms with Crippen molar-refractivity contribution >= 4 is 39.9 Å². The van der Waals surface area contributed by atoms with E-state index in [-0.39, 0.29) is 16.5 Å². The Bertz CT molecular complexity index is 1110. The highest BCUT2D eigenvalue weighted by Gasteiger charge is 2.17. The van der Waals surface area contributed by atoms with Crippen molar-refractivity contribution < 1.29 is 19.4 Å². The zero-order valence-electron chi connectivity index (χ0n) is 14.1. The van der Waals surface area contributed by atoms with Crippen LogP contribution in [0.1, 0.15) is 10.5 Å². The first-order valence-electron chi connectivity index (χ1n) is 7.77. The molecule has 0 aliphatic heterocycles. The van der Waals surface area contributed by atoms with E-state index in [1.54, 1.807) is 24.3 Å². The van der Waals surface area contributed by atoms with Crippen LogP contribution in [0.3, 0.4) is 0 Å². The molecule has 9 heteroatoms. The highest BCUT2D eigenvalue weighted by molar-refractivity contribution is 6.32. The number of aromatic carboxylic acids is 1. The fourth-order valence-corrected chi connectivity index (χ4v) is 2.84. The van der Waals surface area contributed by atoms with E-state index in [2.05, 4.69) is 10.4 Å². The van der Waals surface area contributed by atoms with Gasteiger partial charge in [-0.15, -0.1) is 0 Å². The van der Waals surface area contributed by atoms with Crippen LogP contribution in [0.4, 0.5) is 5.69 Å². The molecule has 138 valence electrons. The first kappa shape index (κ1) is 18.4. The predicted molar refractivity (Wildman–Crippen MR) is 99.6 cm³/mol. The Kier molecular flexibility index (Phi) is 5.09. The summed E-state index contributed by atoms with van der Waals surface area (Å²) in [5, 5.41) is 16.4. The number of benzene rings is 2. The third-order valence-electron chi connectivity index (χ3n) is 3.80. The molecule has 1 aromatic heterocycles. The van der Waals surface area contributed by atoms with E-state index >= 15 is 0 Å². The molecule has 0 aliphatic carbocycles. The van der Waals surface area contributed by atoms with Gasteiger partial charge in [0.25, 0.3) is 5.56 Å². The number of rotatable bonds is 5. The lowest BCUT2D eigenvalue weighted by molar-refractivity contribution is -0.117. The lowest BCUT2D eigenvalue weighted by atomic mass is 10.1. The summed E-state index contributed by atoms with van der Waals surface area (Å²) in [5.41, 5.74) is -0.456. The average molecular weight is 388 g/mol. The van der Waals surface area contributed by atoms with Crippen molar-refractivity contribution in [1.29, 1.82) is 0 Å². The number of aromatic nitrogens is 2. The normalized spacial score (nSPS) is 10.6. The monoisotopic (exact) mass is 387 g/mol. The fourth-order valence-electron chi connectivity index (χ4n) is 2.58. The predicted octanol–water partition coefficient (Wildman–Crippen LogP) is 2.40. The van der Waals surface area contributed by atoms with Crippen molar-refractivity contribution in [3.63, 3.8) is 0 Å². The van der Waals surface area contributed by atoms with E-state index in [0.717, 1.165) is 4.68 Å². The number of amides is 1. The minimum Gasteiger partial charge on any atom is -0.495 e. The number of fused-ring (bicyclic) bond motifs is 1. The number of methoxy groups -OCH3 is 1. The van der Waals surface area contributed by atoms with E-state index in [4.69, 9.17) is 16.3 Å². The van der Waals surface area contributed by atoms with Crippen LogP contribution in [0, 0.1) is 0 Å². The lowest BCUT2D eigenvalue weighted by Gasteiger charge is -2.10. The first-order valence-corrected chi connectivity index (χ1v) is 8.15. The SMILES string of the molecule is COc1ccc(NC(=O)Cn2nc(C(=O)O)c3ccccc3c2=O)cc1Cl. The van der Waals surface area contributed by atoms with Gasteiger partial charge in [0.1, 0.15) is 12.3 Å². The second-order valence-corrected chi connectivity index (χ2v) is 5.97. The Balaban J connectivity index is 1.91. The van der Waals surface area contributed by atoms with Gasteiger partial charge in [-0.05, 0) is 24.3 Å². The highest BCUT2D eigenvalue weighted by atomic mass is 35.5.